The molecule has 0 unspecified atom stereocenters. The molecule has 0 spiro atoms. The molecule has 2 aromatic heterocycles. The van der Waals surface area contributed by atoms with Crippen molar-refractivity contribution < 1.29 is 13.6 Å². The molecule has 0 atom stereocenters. The van der Waals surface area contributed by atoms with Crippen molar-refractivity contribution >= 4 is 57.2 Å². The maximum Gasteiger partial charge on any atom is 0.251 e. The summed E-state index contributed by atoms with van der Waals surface area (Å²) in [6, 6.07) is 10.5. The van der Waals surface area contributed by atoms with E-state index < -0.39 is 11.5 Å². The van der Waals surface area contributed by atoms with Gasteiger partial charge in [0.2, 0.25) is 0 Å². The monoisotopic (exact) mass is 581 g/mol. The lowest BCUT2D eigenvalue weighted by Gasteiger charge is -2.30. The number of nitrogens with zero attached hydrogens (tertiary/aromatic N) is 3. The number of hydrogen-bond donors (Lipinski definition) is 2. The third-order valence-corrected chi connectivity index (χ3v) is 8.59. The predicted molar refractivity (Wildman–Crippen MR) is 153 cm³/mol. The number of fused-ring (bicyclic) bond motifs is 3. The lowest BCUT2D eigenvalue weighted by Crippen LogP contribution is -2.43. The Bertz CT molecular complexity index is 1440. The summed E-state index contributed by atoms with van der Waals surface area (Å²) in [5.74, 6) is -0.522. The van der Waals surface area contributed by atoms with Crippen molar-refractivity contribution in [2.75, 3.05) is 33.2 Å². The molecule has 2 aliphatic heterocycles. The molecule has 0 aliphatic carbocycles. The molecule has 0 bridgehead atoms. The minimum absolute atomic E-state index is 0. The Morgan fingerprint density at radius 3 is 2.58 bits per heavy atom. The van der Waals surface area contributed by atoms with Gasteiger partial charge in [-0.2, -0.15) is 0 Å². The molecule has 38 heavy (non-hydrogen) atoms. The predicted octanol–water partition coefficient (Wildman–Crippen LogP) is 5.57. The standard InChI is InChI=1S/C27H29F2N5OS.2ClH/c1-33-12-6-19(7-13-33)31-25(35)17-2-5-23-24(14-17)36-26-32-22(16-34(23)26)20-4-3-18(15-21(20)28)27(29)8-10-30-11-9-27;;/h2-5,14-16,19,30H,6-13H2,1H3,(H,31,35);2*1H. The van der Waals surface area contributed by atoms with E-state index in [-0.39, 0.29) is 36.8 Å². The number of amides is 1. The summed E-state index contributed by atoms with van der Waals surface area (Å²) >= 11 is 1.46. The molecule has 2 aromatic carbocycles. The first-order chi connectivity index (χ1) is 17.4. The number of carbonyl (C=O) groups excluding carboxylic acids is 1. The maximum atomic E-state index is 15.3. The topological polar surface area (TPSA) is 61.7 Å². The molecule has 2 saturated heterocycles. The molecule has 6 nitrogen and oxygen atoms in total. The van der Waals surface area contributed by atoms with E-state index >= 15 is 8.78 Å². The van der Waals surface area contributed by atoms with Gasteiger partial charge in [0.05, 0.1) is 15.9 Å². The first-order valence-electron chi connectivity index (χ1n) is 12.5. The second-order valence-corrected chi connectivity index (χ2v) is 11.0. The molecule has 4 heterocycles. The van der Waals surface area contributed by atoms with E-state index in [1.807, 2.05) is 22.6 Å². The van der Waals surface area contributed by atoms with Crippen molar-refractivity contribution in [3.63, 3.8) is 0 Å². The van der Waals surface area contributed by atoms with E-state index in [0.29, 0.717) is 48.3 Å². The van der Waals surface area contributed by atoms with Gasteiger partial charge in [-0.3, -0.25) is 9.20 Å². The van der Waals surface area contributed by atoms with E-state index in [4.69, 9.17) is 0 Å². The molecule has 1 amide bonds. The number of aromatic nitrogens is 2. The highest BCUT2D eigenvalue weighted by molar-refractivity contribution is 7.23. The molecule has 0 saturated carbocycles. The lowest BCUT2D eigenvalue weighted by atomic mass is 9.86. The number of halogens is 4. The lowest BCUT2D eigenvalue weighted by molar-refractivity contribution is 0.0917. The Balaban J connectivity index is 0.00000168. The van der Waals surface area contributed by atoms with E-state index in [9.17, 15) is 4.79 Å². The second kappa shape index (κ2) is 11.4. The summed E-state index contributed by atoms with van der Waals surface area (Å²) in [5, 5.41) is 6.31. The number of benzene rings is 2. The van der Waals surface area contributed by atoms with Gasteiger partial charge in [-0.15, -0.1) is 24.8 Å². The minimum atomic E-state index is -1.49. The highest BCUT2D eigenvalue weighted by Crippen LogP contribution is 2.37. The Morgan fingerprint density at radius 1 is 1.13 bits per heavy atom. The van der Waals surface area contributed by atoms with Crippen LogP contribution in [-0.4, -0.2) is 59.5 Å². The fourth-order valence-corrected chi connectivity index (χ4v) is 6.35. The summed E-state index contributed by atoms with van der Waals surface area (Å²) in [6.07, 6.45) is 4.41. The van der Waals surface area contributed by atoms with Gasteiger partial charge in [0.1, 0.15) is 11.5 Å². The molecular weight excluding hydrogens is 551 g/mol. The van der Waals surface area contributed by atoms with E-state index in [1.54, 1.807) is 18.3 Å². The summed E-state index contributed by atoms with van der Waals surface area (Å²) in [7, 11) is 2.10. The largest absolute Gasteiger partial charge is 0.349 e. The van der Waals surface area contributed by atoms with Crippen molar-refractivity contribution in [2.24, 2.45) is 0 Å². The van der Waals surface area contributed by atoms with Crippen molar-refractivity contribution in [1.82, 2.24) is 24.9 Å². The molecule has 2 fully saturated rings. The molecule has 6 rings (SSSR count). The summed E-state index contributed by atoms with van der Waals surface area (Å²) in [5.41, 5.74) is 1.31. The summed E-state index contributed by atoms with van der Waals surface area (Å²) in [6.45, 7) is 3.16. The number of carbonyl (C=O) groups is 1. The van der Waals surface area contributed by atoms with Crippen LogP contribution < -0.4 is 10.6 Å². The molecule has 11 heteroatoms. The number of imidazole rings is 1. The zero-order chi connectivity index (χ0) is 24.9. The third kappa shape index (κ3) is 5.40. The van der Waals surface area contributed by atoms with Gasteiger partial charge in [0.15, 0.2) is 4.96 Å². The summed E-state index contributed by atoms with van der Waals surface area (Å²) < 4.78 is 33.2. The third-order valence-electron chi connectivity index (χ3n) is 7.57. The number of likely N-dealkylation sites (tertiary alicyclic amines) is 1. The van der Waals surface area contributed by atoms with Gasteiger partial charge in [-0.05, 0) is 94.8 Å². The van der Waals surface area contributed by atoms with Crippen LogP contribution in [-0.2, 0) is 5.67 Å². The maximum absolute atomic E-state index is 15.3. The zero-order valence-electron chi connectivity index (χ0n) is 21.0. The normalized spacial score (nSPS) is 18.2. The number of piperidine rings is 2. The fourth-order valence-electron chi connectivity index (χ4n) is 5.31. The van der Waals surface area contributed by atoms with E-state index in [2.05, 4.69) is 27.6 Å². The smallest absolute Gasteiger partial charge is 0.251 e. The van der Waals surface area contributed by atoms with Crippen LogP contribution in [0.15, 0.2) is 42.6 Å². The number of nitrogens with one attached hydrogen (secondary N) is 2. The second-order valence-electron chi connectivity index (χ2n) is 10.0. The van der Waals surface area contributed by atoms with Crippen LogP contribution in [0, 0.1) is 5.82 Å². The number of rotatable bonds is 4. The molecular formula is C27H31Cl2F2N5OS. The SMILES string of the molecule is CN1CCC(NC(=O)c2ccc3c(c2)sc2nc(-c4ccc(C5(F)CCNCC5)cc4F)cn23)CC1.Cl.Cl. The van der Waals surface area contributed by atoms with Gasteiger partial charge in [-0.25, -0.2) is 13.8 Å². The van der Waals surface area contributed by atoms with Crippen LogP contribution in [0.3, 0.4) is 0 Å². The quantitative estimate of drug-likeness (QED) is 0.331. The fraction of sp³-hybridized carbons (Fsp3) is 0.407. The van der Waals surface area contributed by atoms with Crippen LogP contribution in [0.4, 0.5) is 8.78 Å². The van der Waals surface area contributed by atoms with Crippen molar-refractivity contribution in [3.8, 4) is 11.3 Å². The van der Waals surface area contributed by atoms with Crippen molar-refractivity contribution in [2.45, 2.75) is 37.4 Å². The van der Waals surface area contributed by atoms with Crippen LogP contribution in [0.2, 0.25) is 0 Å². The Kier molecular flexibility index (Phi) is 8.64. The Hall–Kier alpha value is -2.30. The van der Waals surface area contributed by atoms with Crippen molar-refractivity contribution in [3.05, 3.63) is 59.5 Å². The highest BCUT2D eigenvalue weighted by Gasteiger charge is 2.34. The van der Waals surface area contributed by atoms with Gasteiger partial charge in [0.25, 0.3) is 5.91 Å². The first kappa shape index (κ1) is 28.7. The Labute approximate surface area is 236 Å². The van der Waals surface area contributed by atoms with Crippen LogP contribution in [0.1, 0.15) is 41.6 Å². The van der Waals surface area contributed by atoms with Gasteiger partial charge in [-0.1, -0.05) is 17.4 Å². The van der Waals surface area contributed by atoms with Crippen molar-refractivity contribution in [1.29, 1.82) is 0 Å². The minimum Gasteiger partial charge on any atom is -0.349 e. The first-order valence-corrected chi connectivity index (χ1v) is 13.3. The van der Waals surface area contributed by atoms with Crippen LogP contribution in [0.25, 0.3) is 26.4 Å². The molecule has 204 valence electrons. The molecule has 2 N–H and O–H groups in total. The average molecular weight is 583 g/mol. The highest BCUT2D eigenvalue weighted by atomic mass is 35.5. The van der Waals surface area contributed by atoms with Gasteiger partial charge in [0, 0.05) is 23.4 Å². The van der Waals surface area contributed by atoms with Crippen LogP contribution >= 0.6 is 36.2 Å². The zero-order valence-corrected chi connectivity index (χ0v) is 23.5. The number of hydrogen-bond acceptors (Lipinski definition) is 5. The number of thiazole rings is 1. The molecule has 0 radical (unpaired) electrons. The van der Waals surface area contributed by atoms with E-state index in [0.717, 1.165) is 41.1 Å². The molecule has 4 aromatic rings. The van der Waals surface area contributed by atoms with Crippen LogP contribution in [0.5, 0.6) is 0 Å². The number of alkyl halides is 1. The average Bonchev–Trinajstić information content (AvgIpc) is 3.43. The molecule has 2 aliphatic rings. The van der Waals surface area contributed by atoms with E-state index in [1.165, 1.54) is 17.4 Å². The van der Waals surface area contributed by atoms with Gasteiger partial charge >= 0.3 is 0 Å². The summed E-state index contributed by atoms with van der Waals surface area (Å²) in [4.78, 5) is 20.5. The van der Waals surface area contributed by atoms with Gasteiger partial charge < -0.3 is 15.5 Å². The Morgan fingerprint density at radius 2 is 1.87 bits per heavy atom.